The summed E-state index contributed by atoms with van der Waals surface area (Å²) < 4.78 is 5.47. The zero-order valence-electron chi connectivity index (χ0n) is 12.9. The highest BCUT2D eigenvalue weighted by molar-refractivity contribution is 5.97. The van der Waals surface area contributed by atoms with E-state index in [1.807, 2.05) is 32.3 Å². The number of anilines is 1. The molecule has 0 atom stereocenters. The first kappa shape index (κ1) is 15.8. The minimum absolute atomic E-state index is 0.00763. The van der Waals surface area contributed by atoms with Crippen LogP contribution in [-0.2, 0) is 11.2 Å². The highest BCUT2D eigenvalue weighted by Crippen LogP contribution is 2.25. The normalized spacial score (nSPS) is 13.7. The van der Waals surface area contributed by atoms with E-state index in [2.05, 4.69) is 15.5 Å². The number of ether oxygens (including phenoxy) is 1. The molecule has 5 nitrogen and oxygen atoms in total. The number of carbonyl (C=O) groups is 1. The minimum atomic E-state index is -0.00763. The first-order valence-electron chi connectivity index (χ1n) is 7.55. The smallest absolute Gasteiger partial charge is 0.251 e. The van der Waals surface area contributed by atoms with Crippen molar-refractivity contribution in [3.8, 4) is 0 Å². The van der Waals surface area contributed by atoms with E-state index in [9.17, 15) is 4.79 Å². The van der Waals surface area contributed by atoms with Gasteiger partial charge in [-0.3, -0.25) is 4.79 Å². The summed E-state index contributed by atoms with van der Waals surface area (Å²) in [7, 11) is 4.02. The third kappa shape index (κ3) is 4.72. The average molecular weight is 291 g/mol. The second-order valence-electron chi connectivity index (χ2n) is 5.53. The number of rotatable bonds is 7. The van der Waals surface area contributed by atoms with Crippen LogP contribution in [0.5, 0.6) is 0 Å². The van der Waals surface area contributed by atoms with Gasteiger partial charge >= 0.3 is 0 Å². The van der Waals surface area contributed by atoms with Crippen LogP contribution in [0, 0.1) is 0 Å². The highest BCUT2D eigenvalue weighted by Gasteiger charge is 2.16. The molecule has 0 saturated carbocycles. The van der Waals surface area contributed by atoms with Crippen molar-refractivity contribution in [1.82, 2.24) is 10.2 Å². The van der Waals surface area contributed by atoms with Crippen molar-refractivity contribution in [2.24, 2.45) is 0 Å². The summed E-state index contributed by atoms with van der Waals surface area (Å²) in [6.07, 6.45) is 2.04. The third-order valence-corrected chi connectivity index (χ3v) is 3.55. The summed E-state index contributed by atoms with van der Waals surface area (Å²) in [5.74, 6) is -0.00763. The molecule has 1 aliphatic heterocycles. The second-order valence-corrected chi connectivity index (χ2v) is 5.53. The van der Waals surface area contributed by atoms with Gasteiger partial charge in [0, 0.05) is 30.9 Å². The van der Waals surface area contributed by atoms with Gasteiger partial charge in [0.1, 0.15) is 0 Å². The average Bonchev–Trinajstić information content (AvgIpc) is 2.49. The van der Waals surface area contributed by atoms with E-state index >= 15 is 0 Å². The first-order chi connectivity index (χ1) is 10.2. The van der Waals surface area contributed by atoms with Crippen LogP contribution < -0.4 is 10.6 Å². The Hall–Kier alpha value is -1.59. The lowest BCUT2D eigenvalue weighted by Gasteiger charge is -2.20. The Labute approximate surface area is 126 Å². The summed E-state index contributed by atoms with van der Waals surface area (Å²) in [5.41, 5.74) is 3.01. The number of hydrogen-bond acceptors (Lipinski definition) is 4. The molecule has 1 heterocycles. The van der Waals surface area contributed by atoms with E-state index in [1.54, 1.807) is 0 Å². The quantitative estimate of drug-likeness (QED) is 0.745. The molecule has 2 rings (SSSR count). The van der Waals surface area contributed by atoms with Gasteiger partial charge in [-0.2, -0.15) is 0 Å². The van der Waals surface area contributed by atoms with E-state index in [1.165, 1.54) is 0 Å². The molecule has 5 heteroatoms. The van der Waals surface area contributed by atoms with Gasteiger partial charge in [0.25, 0.3) is 5.91 Å². The highest BCUT2D eigenvalue weighted by atomic mass is 16.5. The van der Waals surface area contributed by atoms with Crippen molar-refractivity contribution in [2.45, 2.75) is 12.8 Å². The number of hydrogen-bond donors (Lipinski definition) is 2. The molecule has 116 valence electrons. The van der Waals surface area contributed by atoms with Gasteiger partial charge in [0.15, 0.2) is 0 Å². The predicted octanol–water partition coefficient (Wildman–Crippen LogP) is 1.35. The number of benzene rings is 1. The molecule has 0 aromatic heterocycles. The van der Waals surface area contributed by atoms with Crippen LogP contribution in [-0.4, -0.2) is 57.8 Å². The standard InChI is InChI=1S/C16H25N3O2/c1-19(2)10-12-21-11-9-18-16(20)14-5-3-7-15-13(14)6-4-8-17-15/h3,5,7,17H,4,6,8-12H2,1-2H3,(H,18,20). The summed E-state index contributed by atoms with van der Waals surface area (Å²) in [5, 5.41) is 6.27. The van der Waals surface area contributed by atoms with Gasteiger partial charge in [0.05, 0.1) is 13.2 Å². The first-order valence-corrected chi connectivity index (χ1v) is 7.55. The lowest BCUT2D eigenvalue weighted by molar-refractivity contribution is 0.0899. The fraction of sp³-hybridized carbons (Fsp3) is 0.562. The van der Waals surface area contributed by atoms with Crippen molar-refractivity contribution < 1.29 is 9.53 Å². The van der Waals surface area contributed by atoms with Crippen molar-refractivity contribution in [2.75, 3.05) is 52.3 Å². The van der Waals surface area contributed by atoms with Crippen molar-refractivity contribution >= 4 is 11.6 Å². The Bertz CT molecular complexity index is 475. The maximum Gasteiger partial charge on any atom is 0.251 e. The Morgan fingerprint density at radius 2 is 2.24 bits per heavy atom. The molecule has 1 aliphatic rings. The van der Waals surface area contributed by atoms with E-state index < -0.39 is 0 Å². The summed E-state index contributed by atoms with van der Waals surface area (Å²) in [6, 6.07) is 5.86. The zero-order chi connectivity index (χ0) is 15.1. The summed E-state index contributed by atoms with van der Waals surface area (Å²) in [4.78, 5) is 14.3. The van der Waals surface area contributed by atoms with Crippen LogP contribution in [0.3, 0.4) is 0 Å². The Morgan fingerprint density at radius 1 is 1.38 bits per heavy atom. The molecule has 21 heavy (non-hydrogen) atoms. The molecule has 0 unspecified atom stereocenters. The van der Waals surface area contributed by atoms with Gasteiger partial charge in [-0.25, -0.2) is 0 Å². The molecular weight excluding hydrogens is 266 g/mol. The molecule has 0 aliphatic carbocycles. The molecule has 0 radical (unpaired) electrons. The van der Waals surface area contributed by atoms with E-state index in [4.69, 9.17) is 4.74 Å². The maximum absolute atomic E-state index is 12.3. The fourth-order valence-corrected chi connectivity index (χ4v) is 2.40. The van der Waals surface area contributed by atoms with Crippen molar-refractivity contribution in [3.63, 3.8) is 0 Å². The second kappa shape index (κ2) is 8.00. The van der Waals surface area contributed by atoms with Gasteiger partial charge in [-0.05, 0) is 44.6 Å². The molecule has 0 spiro atoms. The van der Waals surface area contributed by atoms with Crippen LogP contribution in [0.1, 0.15) is 22.3 Å². The number of nitrogens with one attached hydrogen (secondary N) is 2. The predicted molar refractivity (Wildman–Crippen MR) is 85.0 cm³/mol. The molecule has 2 N–H and O–H groups in total. The van der Waals surface area contributed by atoms with Crippen molar-refractivity contribution in [1.29, 1.82) is 0 Å². The Balaban J connectivity index is 1.79. The van der Waals surface area contributed by atoms with Crippen LogP contribution in [0.2, 0.25) is 0 Å². The lowest BCUT2D eigenvalue weighted by Crippen LogP contribution is -2.29. The monoisotopic (exact) mass is 291 g/mol. The third-order valence-electron chi connectivity index (χ3n) is 3.55. The molecule has 0 saturated heterocycles. The number of nitrogens with zero attached hydrogens (tertiary/aromatic N) is 1. The summed E-state index contributed by atoms with van der Waals surface area (Å²) in [6.45, 7) is 3.66. The number of likely N-dealkylation sites (N-methyl/N-ethyl adjacent to an activating group) is 1. The maximum atomic E-state index is 12.3. The lowest BCUT2D eigenvalue weighted by atomic mass is 9.97. The minimum Gasteiger partial charge on any atom is -0.385 e. The van der Waals surface area contributed by atoms with Gasteiger partial charge in [-0.15, -0.1) is 0 Å². The number of amides is 1. The molecule has 1 amide bonds. The van der Waals surface area contributed by atoms with Crippen LogP contribution in [0.4, 0.5) is 5.69 Å². The van der Waals surface area contributed by atoms with E-state index in [-0.39, 0.29) is 5.91 Å². The molecular formula is C16H25N3O2. The Morgan fingerprint density at radius 3 is 3.05 bits per heavy atom. The molecule has 0 bridgehead atoms. The number of carbonyl (C=O) groups excluding carboxylic acids is 1. The topological polar surface area (TPSA) is 53.6 Å². The van der Waals surface area contributed by atoms with E-state index in [0.717, 1.165) is 42.7 Å². The molecule has 1 aromatic rings. The molecule has 0 fully saturated rings. The molecule has 1 aromatic carbocycles. The Kier molecular flexibility index (Phi) is 6.02. The van der Waals surface area contributed by atoms with Crippen molar-refractivity contribution in [3.05, 3.63) is 29.3 Å². The van der Waals surface area contributed by atoms with Crippen LogP contribution in [0.25, 0.3) is 0 Å². The number of fused-ring (bicyclic) bond motifs is 1. The fourth-order valence-electron chi connectivity index (χ4n) is 2.40. The SMILES string of the molecule is CN(C)CCOCCNC(=O)c1cccc2c1CCCN2. The van der Waals surface area contributed by atoms with Gasteiger partial charge in [0.2, 0.25) is 0 Å². The largest absolute Gasteiger partial charge is 0.385 e. The van der Waals surface area contributed by atoms with Gasteiger partial charge in [-0.1, -0.05) is 6.07 Å². The van der Waals surface area contributed by atoms with Crippen LogP contribution in [0.15, 0.2) is 18.2 Å². The van der Waals surface area contributed by atoms with E-state index in [0.29, 0.717) is 19.8 Å². The summed E-state index contributed by atoms with van der Waals surface area (Å²) >= 11 is 0. The zero-order valence-corrected chi connectivity index (χ0v) is 12.9. The van der Waals surface area contributed by atoms with Gasteiger partial charge < -0.3 is 20.3 Å². The van der Waals surface area contributed by atoms with Crippen LogP contribution >= 0.6 is 0 Å².